The highest BCUT2D eigenvalue weighted by Crippen LogP contribution is 2.31. The lowest BCUT2D eigenvalue weighted by molar-refractivity contribution is 0.0517. The highest BCUT2D eigenvalue weighted by atomic mass is 32.1. The first-order valence-corrected chi connectivity index (χ1v) is 6.93. The number of ketones is 1. The fraction of sp³-hybridized carbons (Fsp3) is 0.214. The zero-order valence-electron chi connectivity index (χ0n) is 11.3. The van der Waals surface area contributed by atoms with Crippen LogP contribution in [0.2, 0.25) is 0 Å². The van der Waals surface area contributed by atoms with Crippen LogP contribution < -0.4 is 0 Å². The predicted octanol–water partition coefficient (Wildman–Crippen LogP) is 3.03. The highest BCUT2D eigenvalue weighted by molar-refractivity contribution is 7.17. The van der Waals surface area contributed by atoms with Gasteiger partial charge in [-0.05, 0) is 25.1 Å². The molecule has 21 heavy (non-hydrogen) atoms. The van der Waals surface area contributed by atoms with Crippen LogP contribution in [0.15, 0.2) is 18.2 Å². The molecule has 2 aromatic rings. The van der Waals surface area contributed by atoms with Crippen molar-refractivity contribution in [3.63, 3.8) is 0 Å². The molecule has 0 spiro atoms. The minimum absolute atomic E-state index is 0.0715. The Kier molecular flexibility index (Phi) is 4.32. The van der Waals surface area contributed by atoms with E-state index in [0.29, 0.717) is 10.6 Å². The van der Waals surface area contributed by atoms with Gasteiger partial charge in [-0.2, -0.15) is 0 Å². The summed E-state index contributed by atoms with van der Waals surface area (Å²) in [5.41, 5.74) is 0.297. The van der Waals surface area contributed by atoms with E-state index < -0.39 is 17.5 Å². The van der Waals surface area contributed by atoms with Gasteiger partial charge < -0.3 is 9.84 Å². The van der Waals surface area contributed by atoms with Crippen molar-refractivity contribution in [1.29, 1.82) is 0 Å². The first-order valence-electron chi connectivity index (χ1n) is 6.11. The van der Waals surface area contributed by atoms with Gasteiger partial charge in [0.05, 0.1) is 6.61 Å². The molecule has 0 aliphatic carbocycles. The number of Topliss-reactive ketones (excluding diaryl/α,β-unsaturated/α-hetero) is 1. The van der Waals surface area contributed by atoms with Crippen molar-refractivity contribution in [1.82, 2.24) is 4.98 Å². The van der Waals surface area contributed by atoms with Crippen LogP contribution in [0.1, 0.15) is 34.0 Å². The van der Waals surface area contributed by atoms with Crippen LogP contribution in [0.4, 0.5) is 4.39 Å². The summed E-state index contributed by atoms with van der Waals surface area (Å²) in [5, 5.41) is 9.48. The predicted molar refractivity (Wildman–Crippen MR) is 75.1 cm³/mol. The summed E-state index contributed by atoms with van der Waals surface area (Å²) in [6.07, 6.45) is 0. The van der Waals surface area contributed by atoms with Gasteiger partial charge in [0, 0.05) is 12.5 Å². The fourth-order valence-electron chi connectivity index (χ4n) is 1.66. The number of hydrogen-bond acceptors (Lipinski definition) is 6. The maximum Gasteiger partial charge on any atom is 0.358 e. The molecule has 1 N–H and O–H groups in total. The van der Waals surface area contributed by atoms with Gasteiger partial charge in [0.15, 0.2) is 23.0 Å². The molecular weight excluding hydrogens is 297 g/mol. The molecule has 7 heteroatoms. The molecule has 5 nitrogen and oxygen atoms in total. The molecule has 1 heterocycles. The van der Waals surface area contributed by atoms with Gasteiger partial charge in [-0.25, -0.2) is 14.2 Å². The van der Waals surface area contributed by atoms with Gasteiger partial charge in [-0.15, -0.1) is 11.3 Å². The van der Waals surface area contributed by atoms with Gasteiger partial charge in [-0.1, -0.05) is 0 Å². The number of carbonyl (C=O) groups excluding carboxylic acids is 2. The monoisotopic (exact) mass is 309 g/mol. The van der Waals surface area contributed by atoms with E-state index in [1.165, 1.54) is 19.1 Å². The molecule has 0 aliphatic heterocycles. The Morgan fingerprint density at radius 1 is 1.43 bits per heavy atom. The number of rotatable bonds is 4. The smallest absolute Gasteiger partial charge is 0.358 e. The van der Waals surface area contributed by atoms with Crippen molar-refractivity contribution in [3.05, 3.63) is 34.6 Å². The van der Waals surface area contributed by atoms with Crippen molar-refractivity contribution >= 4 is 23.1 Å². The maximum absolute atomic E-state index is 13.4. The van der Waals surface area contributed by atoms with Gasteiger partial charge >= 0.3 is 5.97 Å². The number of aromatic nitrogens is 1. The van der Waals surface area contributed by atoms with Crippen molar-refractivity contribution in [3.8, 4) is 16.3 Å². The third-order valence-electron chi connectivity index (χ3n) is 2.61. The third-order valence-corrected chi connectivity index (χ3v) is 3.82. The summed E-state index contributed by atoms with van der Waals surface area (Å²) in [7, 11) is 0. The summed E-state index contributed by atoms with van der Waals surface area (Å²) in [5.74, 6) is -2.29. The van der Waals surface area contributed by atoms with Crippen LogP contribution in [0.5, 0.6) is 5.75 Å². The summed E-state index contributed by atoms with van der Waals surface area (Å²) >= 11 is 0.980. The van der Waals surface area contributed by atoms with Crippen LogP contribution in [0.3, 0.4) is 0 Å². The van der Waals surface area contributed by atoms with Crippen LogP contribution in [-0.4, -0.2) is 28.4 Å². The number of phenols is 1. The number of nitrogens with zero attached hydrogens (tertiary/aromatic N) is 1. The molecule has 1 aromatic carbocycles. The van der Waals surface area contributed by atoms with Crippen molar-refractivity contribution < 1.29 is 23.8 Å². The molecule has 0 unspecified atom stereocenters. The molecule has 0 bridgehead atoms. The molecule has 0 atom stereocenters. The number of thiazole rings is 1. The van der Waals surface area contributed by atoms with Gasteiger partial charge in [0.2, 0.25) is 0 Å². The second-order valence-corrected chi connectivity index (χ2v) is 5.14. The van der Waals surface area contributed by atoms with E-state index in [2.05, 4.69) is 4.98 Å². The maximum atomic E-state index is 13.4. The molecule has 2 rings (SSSR count). The van der Waals surface area contributed by atoms with E-state index in [-0.39, 0.29) is 23.0 Å². The molecule has 0 fully saturated rings. The van der Waals surface area contributed by atoms with Crippen molar-refractivity contribution in [2.45, 2.75) is 13.8 Å². The quantitative estimate of drug-likeness (QED) is 0.694. The van der Waals surface area contributed by atoms with E-state index >= 15 is 0 Å². The van der Waals surface area contributed by atoms with E-state index in [0.717, 1.165) is 17.4 Å². The lowest BCUT2D eigenvalue weighted by Gasteiger charge is -1.99. The normalized spacial score (nSPS) is 10.4. The Balaban J connectivity index is 2.50. The average Bonchev–Trinajstić information content (AvgIpc) is 2.87. The minimum Gasteiger partial charge on any atom is -0.505 e. The lowest BCUT2D eigenvalue weighted by Crippen LogP contribution is -2.09. The summed E-state index contributed by atoms with van der Waals surface area (Å²) < 4.78 is 18.2. The Morgan fingerprint density at radius 3 is 2.71 bits per heavy atom. The molecule has 0 saturated heterocycles. The Bertz CT molecular complexity index is 711. The molecule has 0 aliphatic rings. The summed E-state index contributed by atoms with van der Waals surface area (Å²) in [4.78, 5) is 27.6. The first kappa shape index (κ1) is 15.1. The second-order valence-electron chi connectivity index (χ2n) is 4.14. The van der Waals surface area contributed by atoms with E-state index in [1.807, 2.05) is 0 Å². The molecular formula is C14H12FNO4S. The van der Waals surface area contributed by atoms with Crippen molar-refractivity contribution in [2.24, 2.45) is 0 Å². The minimum atomic E-state index is -0.801. The van der Waals surface area contributed by atoms with Gasteiger partial charge in [-0.3, -0.25) is 4.79 Å². The number of hydrogen-bond donors (Lipinski definition) is 1. The van der Waals surface area contributed by atoms with Gasteiger partial charge in [0.1, 0.15) is 9.88 Å². The number of esters is 1. The van der Waals surface area contributed by atoms with Crippen molar-refractivity contribution in [2.75, 3.05) is 6.61 Å². The number of aromatic hydroxyl groups is 1. The van der Waals surface area contributed by atoms with E-state index in [9.17, 15) is 19.1 Å². The van der Waals surface area contributed by atoms with E-state index in [4.69, 9.17) is 4.74 Å². The fourth-order valence-corrected chi connectivity index (χ4v) is 2.60. The SMILES string of the molecule is CCOC(=O)c1nc(-c2ccc(O)c(F)c2)sc1C(C)=O. The average molecular weight is 309 g/mol. The second kappa shape index (κ2) is 6.01. The van der Waals surface area contributed by atoms with Crippen LogP contribution in [0.25, 0.3) is 10.6 Å². The number of phenolic OH excluding ortho intramolecular Hbond substituents is 1. The topological polar surface area (TPSA) is 76.5 Å². The van der Waals surface area contributed by atoms with Gasteiger partial charge in [0.25, 0.3) is 0 Å². The first-order chi connectivity index (χ1) is 9.93. The molecule has 0 radical (unpaired) electrons. The Hall–Kier alpha value is -2.28. The molecule has 0 amide bonds. The number of carbonyl (C=O) groups is 2. The molecule has 0 saturated carbocycles. The standard InChI is InChI=1S/C14H12FNO4S/c1-3-20-14(19)11-12(7(2)17)21-13(16-11)8-4-5-10(18)9(15)6-8/h4-6,18H,3H2,1-2H3. The highest BCUT2D eigenvalue weighted by Gasteiger charge is 2.23. The third kappa shape index (κ3) is 3.08. The Morgan fingerprint density at radius 2 is 2.14 bits per heavy atom. The van der Waals surface area contributed by atoms with Crippen LogP contribution >= 0.6 is 11.3 Å². The zero-order chi connectivity index (χ0) is 15.6. The van der Waals surface area contributed by atoms with Crippen LogP contribution in [0, 0.1) is 5.82 Å². The largest absolute Gasteiger partial charge is 0.505 e. The summed E-state index contributed by atoms with van der Waals surface area (Å²) in [6.45, 7) is 3.13. The lowest BCUT2D eigenvalue weighted by atomic mass is 10.2. The number of halogens is 1. The Labute approximate surface area is 124 Å². The molecule has 110 valence electrons. The number of ether oxygens (including phenoxy) is 1. The number of benzene rings is 1. The summed E-state index contributed by atoms with van der Waals surface area (Å²) in [6, 6.07) is 3.73. The molecule has 1 aromatic heterocycles. The van der Waals surface area contributed by atoms with E-state index in [1.54, 1.807) is 6.92 Å². The van der Waals surface area contributed by atoms with Crippen LogP contribution in [-0.2, 0) is 4.74 Å². The zero-order valence-corrected chi connectivity index (χ0v) is 12.2.